The van der Waals surface area contributed by atoms with Gasteiger partial charge in [-0.3, -0.25) is 4.79 Å². The summed E-state index contributed by atoms with van der Waals surface area (Å²) in [6, 6.07) is 0. The van der Waals surface area contributed by atoms with Crippen molar-refractivity contribution in [1.82, 2.24) is 5.32 Å². The van der Waals surface area contributed by atoms with Gasteiger partial charge in [0.05, 0.1) is 11.4 Å². The molecule has 1 aliphatic heterocycles. The van der Waals surface area contributed by atoms with E-state index in [9.17, 15) is 4.79 Å². The van der Waals surface area contributed by atoms with E-state index in [-0.39, 0.29) is 5.78 Å². The summed E-state index contributed by atoms with van der Waals surface area (Å²) < 4.78 is 0. The Bertz CT molecular complexity index is 162. The molecule has 0 amide bonds. The predicted molar refractivity (Wildman–Crippen MR) is 34.5 cm³/mol. The fraction of sp³-hybridized carbons (Fsp3) is 0.200. The Kier molecular flexibility index (Phi) is 1.39. The number of thiocarbonyl (C=S) groups is 1. The smallest absolute Gasteiger partial charge is 0.163 e. The van der Waals surface area contributed by atoms with E-state index in [1.54, 1.807) is 6.20 Å². The highest BCUT2D eigenvalue weighted by atomic mass is 32.1. The molecule has 0 saturated carbocycles. The first-order chi connectivity index (χ1) is 3.79. The second-order valence-corrected chi connectivity index (χ2v) is 2.04. The van der Waals surface area contributed by atoms with Crippen LogP contribution in [0.5, 0.6) is 0 Å². The van der Waals surface area contributed by atoms with E-state index in [1.165, 1.54) is 6.08 Å². The van der Waals surface area contributed by atoms with Crippen LogP contribution in [0, 0.1) is 0 Å². The van der Waals surface area contributed by atoms with Crippen molar-refractivity contribution in [3.8, 4) is 0 Å². The Morgan fingerprint density at radius 3 is 2.88 bits per heavy atom. The van der Waals surface area contributed by atoms with E-state index in [0.717, 1.165) is 0 Å². The average Bonchev–Trinajstić information content (AvgIpc) is 1.64. The molecule has 3 heteroatoms. The van der Waals surface area contributed by atoms with Gasteiger partial charge in [-0.25, -0.2) is 0 Å². The lowest BCUT2D eigenvalue weighted by atomic mass is 10.2. The minimum Gasteiger partial charge on any atom is -0.356 e. The maximum absolute atomic E-state index is 10.5. The zero-order valence-electron chi connectivity index (χ0n) is 4.18. The average molecular weight is 127 g/mol. The van der Waals surface area contributed by atoms with Crippen LogP contribution in [-0.2, 0) is 4.79 Å². The van der Waals surface area contributed by atoms with Gasteiger partial charge in [-0.05, 0) is 6.08 Å². The van der Waals surface area contributed by atoms with Crippen LogP contribution in [0.25, 0.3) is 0 Å². The molecule has 0 fully saturated rings. The van der Waals surface area contributed by atoms with E-state index in [2.05, 4.69) is 5.32 Å². The third kappa shape index (κ3) is 1.13. The van der Waals surface area contributed by atoms with E-state index in [1.807, 2.05) is 0 Å². The lowest BCUT2D eigenvalue weighted by Crippen LogP contribution is -2.22. The summed E-state index contributed by atoms with van der Waals surface area (Å²) >= 11 is 4.70. The Balaban J connectivity index is 2.68. The summed E-state index contributed by atoms with van der Waals surface area (Å²) in [7, 11) is 0. The third-order valence-corrected chi connectivity index (χ3v) is 1.11. The summed E-state index contributed by atoms with van der Waals surface area (Å²) in [5.41, 5.74) is 0. The molecule has 0 atom stereocenters. The van der Waals surface area contributed by atoms with Crippen molar-refractivity contribution >= 4 is 23.0 Å². The number of carbonyl (C=O) groups is 1. The summed E-state index contributed by atoms with van der Waals surface area (Å²) in [4.78, 5) is 11.1. The molecule has 0 radical (unpaired) electrons. The van der Waals surface area contributed by atoms with Crippen LogP contribution in [0.2, 0.25) is 0 Å². The molecule has 42 valence electrons. The van der Waals surface area contributed by atoms with Gasteiger partial charge in [0.2, 0.25) is 0 Å². The predicted octanol–water partition coefficient (Wildman–Crippen LogP) is 0.390. The number of allylic oxidation sites excluding steroid dienone is 1. The van der Waals surface area contributed by atoms with Crippen LogP contribution in [0.4, 0.5) is 0 Å². The molecule has 2 nitrogen and oxygen atoms in total. The Morgan fingerprint density at radius 2 is 2.50 bits per heavy atom. The SMILES string of the molecule is O=C1C=CNC(=S)C1. The highest BCUT2D eigenvalue weighted by Gasteiger charge is 2.04. The number of hydrogen-bond acceptors (Lipinski definition) is 2. The first-order valence-electron chi connectivity index (χ1n) is 2.28. The maximum Gasteiger partial charge on any atom is 0.163 e. The number of nitrogens with one attached hydrogen (secondary N) is 1. The Labute approximate surface area is 52.6 Å². The fourth-order valence-electron chi connectivity index (χ4n) is 0.496. The van der Waals surface area contributed by atoms with Crippen LogP contribution < -0.4 is 5.32 Å². The highest BCUT2D eigenvalue weighted by molar-refractivity contribution is 7.80. The molecule has 1 N–H and O–H groups in total. The van der Waals surface area contributed by atoms with Crippen LogP contribution in [0.15, 0.2) is 12.3 Å². The van der Waals surface area contributed by atoms with Crippen molar-refractivity contribution in [2.45, 2.75) is 6.42 Å². The molecular weight excluding hydrogens is 122 g/mol. The van der Waals surface area contributed by atoms with Crippen molar-refractivity contribution in [2.24, 2.45) is 0 Å². The van der Waals surface area contributed by atoms with Gasteiger partial charge in [0.15, 0.2) is 5.78 Å². The second kappa shape index (κ2) is 2.05. The van der Waals surface area contributed by atoms with Gasteiger partial charge in [-0.1, -0.05) is 12.2 Å². The Hall–Kier alpha value is -0.700. The number of ketones is 1. The quantitative estimate of drug-likeness (QED) is 0.477. The molecule has 1 rings (SSSR count). The van der Waals surface area contributed by atoms with Gasteiger partial charge >= 0.3 is 0 Å². The molecule has 1 aliphatic rings. The molecule has 8 heavy (non-hydrogen) atoms. The fourth-order valence-corrected chi connectivity index (χ4v) is 0.706. The van der Waals surface area contributed by atoms with Crippen LogP contribution in [0.3, 0.4) is 0 Å². The van der Waals surface area contributed by atoms with E-state index in [0.29, 0.717) is 11.4 Å². The highest BCUT2D eigenvalue weighted by Crippen LogP contribution is 1.92. The summed E-state index contributed by atoms with van der Waals surface area (Å²) in [6.07, 6.45) is 3.41. The number of rotatable bonds is 0. The minimum absolute atomic E-state index is 0.0775. The normalized spacial score (nSPS) is 18.5. The minimum atomic E-state index is 0.0775. The first kappa shape index (κ1) is 5.44. The van der Waals surface area contributed by atoms with E-state index in [4.69, 9.17) is 12.2 Å². The summed E-state index contributed by atoms with van der Waals surface area (Å²) in [6.45, 7) is 0. The lowest BCUT2D eigenvalue weighted by molar-refractivity contribution is -0.113. The molecule has 0 spiro atoms. The molecule has 0 unspecified atom stereocenters. The maximum atomic E-state index is 10.5. The standard InChI is InChI=1S/C5H5NOS/c7-4-1-2-6-5(8)3-4/h1-2H,3H2,(H,6,8). The molecule has 0 bridgehead atoms. The molecule has 0 aromatic heterocycles. The van der Waals surface area contributed by atoms with Gasteiger partial charge < -0.3 is 5.32 Å². The van der Waals surface area contributed by atoms with Gasteiger partial charge in [0.25, 0.3) is 0 Å². The van der Waals surface area contributed by atoms with Crippen molar-refractivity contribution < 1.29 is 4.79 Å². The van der Waals surface area contributed by atoms with Gasteiger partial charge in [-0.15, -0.1) is 0 Å². The second-order valence-electron chi connectivity index (χ2n) is 1.54. The van der Waals surface area contributed by atoms with Crippen molar-refractivity contribution in [3.63, 3.8) is 0 Å². The number of hydrogen-bond donors (Lipinski definition) is 1. The van der Waals surface area contributed by atoms with Crippen molar-refractivity contribution in [3.05, 3.63) is 12.3 Å². The lowest BCUT2D eigenvalue weighted by Gasteiger charge is -2.03. The topological polar surface area (TPSA) is 29.1 Å². The van der Waals surface area contributed by atoms with Gasteiger partial charge in [-0.2, -0.15) is 0 Å². The monoisotopic (exact) mass is 127 g/mol. The van der Waals surface area contributed by atoms with Crippen LogP contribution >= 0.6 is 12.2 Å². The molecule has 0 saturated heterocycles. The zero-order valence-corrected chi connectivity index (χ0v) is 4.99. The van der Waals surface area contributed by atoms with Gasteiger partial charge in [0.1, 0.15) is 0 Å². The van der Waals surface area contributed by atoms with Gasteiger partial charge in [0, 0.05) is 6.20 Å². The zero-order chi connectivity index (χ0) is 5.98. The first-order valence-corrected chi connectivity index (χ1v) is 2.68. The molecular formula is C5H5NOS. The number of carbonyl (C=O) groups excluding carboxylic acids is 1. The molecule has 0 aliphatic carbocycles. The van der Waals surface area contributed by atoms with Crippen LogP contribution in [0.1, 0.15) is 6.42 Å². The van der Waals surface area contributed by atoms with E-state index >= 15 is 0 Å². The van der Waals surface area contributed by atoms with Crippen molar-refractivity contribution in [1.29, 1.82) is 0 Å². The Morgan fingerprint density at radius 1 is 1.75 bits per heavy atom. The summed E-state index contributed by atoms with van der Waals surface area (Å²) in [5.74, 6) is 0.0775. The molecule has 0 aromatic carbocycles. The largest absolute Gasteiger partial charge is 0.356 e. The van der Waals surface area contributed by atoms with Crippen molar-refractivity contribution in [2.75, 3.05) is 0 Å². The third-order valence-electron chi connectivity index (χ3n) is 0.848. The summed E-state index contributed by atoms with van der Waals surface area (Å²) in [5, 5.41) is 2.74. The van der Waals surface area contributed by atoms with E-state index < -0.39 is 0 Å². The molecule has 0 aromatic rings. The van der Waals surface area contributed by atoms with Crippen LogP contribution in [-0.4, -0.2) is 10.8 Å². The molecule has 1 heterocycles.